The maximum Gasteiger partial charge on any atom is 0.230 e. The zero-order valence-electron chi connectivity index (χ0n) is 12.0. The molecule has 9 heteroatoms. The summed E-state index contributed by atoms with van der Waals surface area (Å²) in [5.74, 6) is -0.198. The number of hydrogen-bond acceptors (Lipinski definition) is 5. The standard InChI is InChI=1S/C15H10BrCl2N3OS2/c16-7-1-12(23-5-7)15-21-9(6-24-15)4-13(22)20-8-2-10(17)14(19)11(18)3-8/h1-3,5-6H,4,19H2,(H,20,22). The molecule has 4 nitrogen and oxygen atoms in total. The maximum atomic E-state index is 12.2. The number of amides is 1. The van der Waals surface area contributed by atoms with Crippen LogP contribution in [0.4, 0.5) is 11.4 Å². The summed E-state index contributed by atoms with van der Waals surface area (Å²) in [6.45, 7) is 0. The number of nitrogens with zero attached hydrogens (tertiary/aromatic N) is 1. The van der Waals surface area contributed by atoms with Crippen LogP contribution in [0.1, 0.15) is 5.69 Å². The summed E-state index contributed by atoms with van der Waals surface area (Å²) < 4.78 is 1.02. The number of halogens is 3. The molecule has 0 saturated carbocycles. The third-order valence-corrected chi connectivity index (χ3v) is 6.41. The third-order valence-electron chi connectivity index (χ3n) is 3.03. The van der Waals surface area contributed by atoms with Crippen LogP contribution in [0.25, 0.3) is 9.88 Å². The number of anilines is 2. The summed E-state index contributed by atoms with van der Waals surface area (Å²) in [5, 5.41) is 8.13. The number of nitrogens with one attached hydrogen (secondary N) is 1. The fourth-order valence-electron chi connectivity index (χ4n) is 1.95. The van der Waals surface area contributed by atoms with Gasteiger partial charge < -0.3 is 11.1 Å². The van der Waals surface area contributed by atoms with Crippen LogP contribution in [-0.4, -0.2) is 10.9 Å². The van der Waals surface area contributed by atoms with Crippen LogP contribution < -0.4 is 11.1 Å². The van der Waals surface area contributed by atoms with Gasteiger partial charge in [0, 0.05) is 20.9 Å². The Morgan fingerprint density at radius 3 is 2.54 bits per heavy atom. The lowest BCUT2D eigenvalue weighted by molar-refractivity contribution is -0.115. The fourth-order valence-corrected chi connectivity index (χ4v) is 4.77. The SMILES string of the molecule is Nc1c(Cl)cc(NC(=O)Cc2csc(-c3cc(Br)cs3)n2)cc1Cl. The number of hydrogen-bond donors (Lipinski definition) is 2. The van der Waals surface area contributed by atoms with Gasteiger partial charge in [0.25, 0.3) is 0 Å². The summed E-state index contributed by atoms with van der Waals surface area (Å²) in [6, 6.07) is 5.14. The molecule has 0 bridgehead atoms. The van der Waals surface area contributed by atoms with Gasteiger partial charge in [0.05, 0.1) is 32.7 Å². The first-order valence-corrected chi connectivity index (χ1v) is 9.96. The molecular weight excluding hydrogens is 453 g/mol. The number of nitrogens with two attached hydrogens (primary N) is 1. The molecule has 0 radical (unpaired) electrons. The van der Waals surface area contributed by atoms with Crippen molar-refractivity contribution in [2.75, 3.05) is 11.1 Å². The quantitative estimate of drug-likeness (QED) is 0.488. The summed E-state index contributed by atoms with van der Waals surface area (Å²) in [6.07, 6.45) is 0.169. The molecule has 3 aromatic rings. The van der Waals surface area contributed by atoms with Crippen molar-refractivity contribution >= 4 is 79.1 Å². The second kappa shape index (κ2) is 7.41. The average molecular weight is 463 g/mol. The Morgan fingerprint density at radius 2 is 1.92 bits per heavy atom. The van der Waals surface area contributed by atoms with E-state index in [1.807, 2.05) is 16.8 Å². The zero-order valence-corrected chi connectivity index (χ0v) is 16.7. The molecule has 1 aromatic carbocycles. The van der Waals surface area contributed by atoms with Gasteiger partial charge in [-0.2, -0.15) is 0 Å². The van der Waals surface area contributed by atoms with Gasteiger partial charge in [-0.25, -0.2) is 4.98 Å². The monoisotopic (exact) mass is 461 g/mol. The Morgan fingerprint density at radius 1 is 1.21 bits per heavy atom. The number of thiophene rings is 1. The summed E-state index contributed by atoms with van der Waals surface area (Å²) >= 11 is 18.5. The van der Waals surface area contributed by atoms with E-state index in [2.05, 4.69) is 26.2 Å². The number of nitrogen functional groups attached to an aromatic ring is 1. The first-order chi connectivity index (χ1) is 11.4. The first-order valence-electron chi connectivity index (χ1n) is 6.65. The number of thiazole rings is 1. The number of benzene rings is 1. The molecular formula is C15H10BrCl2N3OS2. The Kier molecular flexibility index (Phi) is 5.46. The molecule has 3 N–H and O–H groups in total. The normalized spacial score (nSPS) is 10.8. The smallest absolute Gasteiger partial charge is 0.230 e. The predicted molar refractivity (Wildman–Crippen MR) is 106 cm³/mol. The van der Waals surface area contributed by atoms with Crippen LogP contribution in [0.2, 0.25) is 10.0 Å². The highest BCUT2D eigenvalue weighted by atomic mass is 79.9. The Bertz CT molecular complexity index is 887. The van der Waals surface area contributed by atoms with Gasteiger partial charge in [0.2, 0.25) is 5.91 Å². The van der Waals surface area contributed by atoms with E-state index in [4.69, 9.17) is 28.9 Å². The van der Waals surface area contributed by atoms with Gasteiger partial charge in [-0.05, 0) is 34.1 Å². The number of aromatic nitrogens is 1. The fraction of sp³-hybridized carbons (Fsp3) is 0.0667. The largest absolute Gasteiger partial charge is 0.396 e. The molecule has 0 aliphatic heterocycles. The topological polar surface area (TPSA) is 68.0 Å². The molecule has 2 aromatic heterocycles. The molecule has 24 heavy (non-hydrogen) atoms. The van der Waals surface area contributed by atoms with Crippen LogP contribution in [0.3, 0.4) is 0 Å². The van der Waals surface area contributed by atoms with Crippen LogP contribution in [0, 0.1) is 0 Å². The minimum atomic E-state index is -0.198. The molecule has 0 aliphatic rings. The summed E-state index contributed by atoms with van der Waals surface area (Å²) in [5.41, 5.74) is 7.19. The molecule has 3 rings (SSSR count). The van der Waals surface area contributed by atoms with Gasteiger partial charge in [-0.15, -0.1) is 22.7 Å². The second-order valence-electron chi connectivity index (χ2n) is 4.85. The zero-order chi connectivity index (χ0) is 17.3. The van der Waals surface area contributed by atoms with Crippen molar-refractivity contribution in [3.63, 3.8) is 0 Å². The van der Waals surface area contributed by atoms with E-state index in [1.165, 1.54) is 11.3 Å². The van der Waals surface area contributed by atoms with Crippen LogP contribution in [0.5, 0.6) is 0 Å². The van der Waals surface area contributed by atoms with Gasteiger partial charge in [-0.3, -0.25) is 4.79 Å². The van der Waals surface area contributed by atoms with Crippen LogP contribution in [0.15, 0.2) is 33.4 Å². The van der Waals surface area contributed by atoms with Gasteiger partial charge in [-0.1, -0.05) is 23.2 Å². The molecule has 0 atom stereocenters. The second-order valence-corrected chi connectivity index (χ2v) is 8.35. The maximum absolute atomic E-state index is 12.2. The number of rotatable bonds is 4. The van der Waals surface area contributed by atoms with Gasteiger partial charge in [0.15, 0.2) is 0 Å². The van der Waals surface area contributed by atoms with Crippen molar-refractivity contribution in [3.05, 3.63) is 49.2 Å². The third kappa shape index (κ3) is 4.10. The molecule has 0 fully saturated rings. The average Bonchev–Trinajstić information content (AvgIpc) is 3.13. The molecule has 2 heterocycles. The van der Waals surface area contributed by atoms with E-state index in [0.29, 0.717) is 27.1 Å². The van der Waals surface area contributed by atoms with Gasteiger partial charge in [0.1, 0.15) is 5.01 Å². The Balaban J connectivity index is 1.68. The Hall–Kier alpha value is -1.12. The van der Waals surface area contributed by atoms with Crippen molar-refractivity contribution in [2.45, 2.75) is 6.42 Å². The summed E-state index contributed by atoms with van der Waals surface area (Å²) in [7, 11) is 0. The van der Waals surface area contributed by atoms with Crippen LogP contribution >= 0.6 is 61.8 Å². The molecule has 1 amide bonds. The lowest BCUT2D eigenvalue weighted by Crippen LogP contribution is -2.14. The first kappa shape index (κ1) is 17.7. The highest BCUT2D eigenvalue weighted by molar-refractivity contribution is 9.10. The molecule has 0 unspecified atom stereocenters. The Labute approximate surface area is 164 Å². The van der Waals surface area contributed by atoms with Crippen molar-refractivity contribution in [3.8, 4) is 9.88 Å². The minimum absolute atomic E-state index is 0.169. The molecule has 0 aliphatic carbocycles. The van der Waals surface area contributed by atoms with E-state index >= 15 is 0 Å². The highest BCUT2D eigenvalue weighted by Crippen LogP contribution is 2.33. The van der Waals surface area contributed by atoms with E-state index in [9.17, 15) is 4.79 Å². The van der Waals surface area contributed by atoms with Crippen LogP contribution in [-0.2, 0) is 11.2 Å². The molecule has 0 saturated heterocycles. The molecule has 124 valence electrons. The lowest BCUT2D eigenvalue weighted by atomic mass is 10.2. The van der Waals surface area contributed by atoms with Crippen molar-refractivity contribution in [2.24, 2.45) is 0 Å². The number of carbonyl (C=O) groups is 1. The lowest BCUT2D eigenvalue weighted by Gasteiger charge is -2.07. The van der Waals surface area contributed by atoms with E-state index in [-0.39, 0.29) is 12.3 Å². The number of carbonyl (C=O) groups excluding carboxylic acids is 1. The highest BCUT2D eigenvalue weighted by Gasteiger charge is 2.12. The van der Waals surface area contributed by atoms with E-state index in [1.54, 1.807) is 23.5 Å². The summed E-state index contributed by atoms with van der Waals surface area (Å²) in [4.78, 5) is 17.7. The van der Waals surface area contributed by atoms with E-state index in [0.717, 1.165) is 14.4 Å². The van der Waals surface area contributed by atoms with E-state index < -0.39 is 0 Å². The van der Waals surface area contributed by atoms with Crippen molar-refractivity contribution in [1.29, 1.82) is 0 Å². The van der Waals surface area contributed by atoms with Gasteiger partial charge >= 0.3 is 0 Å². The minimum Gasteiger partial charge on any atom is -0.396 e. The predicted octanol–water partition coefficient (Wildman–Crippen LogP) is 5.70. The van der Waals surface area contributed by atoms with Crippen molar-refractivity contribution in [1.82, 2.24) is 4.98 Å². The van der Waals surface area contributed by atoms with Crippen molar-refractivity contribution < 1.29 is 4.79 Å². The molecule has 0 spiro atoms.